The van der Waals surface area contributed by atoms with Crippen LogP contribution in [0.1, 0.15) is 11.1 Å². The van der Waals surface area contributed by atoms with Gasteiger partial charge in [0.05, 0.1) is 30.1 Å². The molecule has 2 N–H and O–H groups in total. The molecule has 0 amide bonds. The van der Waals surface area contributed by atoms with E-state index in [1.165, 1.54) is 16.2 Å². The molecule has 0 saturated carbocycles. The lowest BCUT2D eigenvalue weighted by Crippen LogP contribution is -2.33. The van der Waals surface area contributed by atoms with E-state index in [1.807, 2.05) is 12.1 Å². The van der Waals surface area contributed by atoms with Gasteiger partial charge in [0.1, 0.15) is 6.04 Å². The Morgan fingerprint density at radius 1 is 1.07 bits per heavy atom. The predicted octanol–water partition coefficient (Wildman–Crippen LogP) is 1.54. The zero-order chi connectivity index (χ0) is 19.4. The smallest absolute Gasteiger partial charge is 0.337 e. The normalized spacial score (nSPS) is 11.6. The number of aromatic nitrogens is 2. The fourth-order valence-corrected chi connectivity index (χ4v) is 2.75. The Labute approximate surface area is 155 Å². The van der Waals surface area contributed by atoms with Gasteiger partial charge in [-0.3, -0.25) is 13.9 Å². The Bertz CT molecular complexity index is 1040. The fraction of sp³-hybridized carbons (Fsp3) is 0.150. The van der Waals surface area contributed by atoms with E-state index in [4.69, 9.17) is 11.0 Å². The van der Waals surface area contributed by atoms with Crippen molar-refractivity contribution in [3.05, 3.63) is 82.5 Å². The lowest BCUT2D eigenvalue weighted by molar-refractivity contribution is -0.142. The first kappa shape index (κ1) is 18.2. The standard InChI is InChI=1S/C20H18N4O3/c1-27-19(25)18(22)12-14-2-6-16(7-3-14)23-10-11-24(20(23)26)17-8-4-15(13-21)5-9-17/h2-11,18H,12,22H2,1H3. The summed E-state index contributed by atoms with van der Waals surface area (Å²) in [7, 11) is 1.30. The minimum absolute atomic E-state index is 0.223. The fourth-order valence-electron chi connectivity index (χ4n) is 2.75. The molecule has 0 aliphatic carbocycles. The molecular weight excluding hydrogens is 344 g/mol. The maximum atomic E-state index is 12.7. The highest BCUT2D eigenvalue weighted by molar-refractivity contribution is 5.75. The van der Waals surface area contributed by atoms with Crippen LogP contribution in [0.2, 0.25) is 0 Å². The number of benzene rings is 2. The Balaban J connectivity index is 1.83. The molecule has 1 unspecified atom stereocenters. The molecule has 0 aliphatic heterocycles. The van der Waals surface area contributed by atoms with Gasteiger partial charge in [-0.2, -0.15) is 5.26 Å². The topological polar surface area (TPSA) is 103 Å². The van der Waals surface area contributed by atoms with E-state index in [-0.39, 0.29) is 5.69 Å². The minimum atomic E-state index is -0.721. The van der Waals surface area contributed by atoms with Crippen LogP contribution >= 0.6 is 0 Å². The van der Waals surface area contributed by atoms with E-state index >= 15 is 0 Å². The summed E-state index contributed by atoms with van der Waals surface area (Å²) in [6.07, 6.45) is 3.70. The van der Waals surface area contributed by atoms with Crippen molar-refractivity contribution in [3.63, 3.8) is 0 Å². The van der Waals surface area contributed by atoms with Crippen molar-refractivity contribution in [1.82, 2.24) is 9.13 Å². The predicted molar refractivity (Wildman–Crippen MR) is 99.8 cm³/mol. The minimum Gasteiger partial charge on any atom is -0.468 e. The average molecular weight is 362 g/mol. The third kappa shape index (κ3) is 3.81. The van der Waals surface area contributed by atoms with Gasteiger partial charge >= 0.3 is 11.7 Å². The zero-order valence-corrected chi connectivity index (χ0v) is 14.7. The Hall–Kier alpha value is -3.63. The maximum absolute atomic E-state index is 12.7. The summed E-state index contributed by atoms with van der Waals surface area (Å²) in [6, 6.07) is 15.3. The largest absolute Gasteiger partial charge is 0.468 e. The van der Waals surface area contributed by atoms with E-state index in [1.54, 1.807) is 48.8 Å². The first-order valence-electron chi connectivity index (χ1n) is 8.26. The Morgan fingerprint density at radius 3 is 2.07 bits per heavy atom. The summed E-state index contributed by atoms with van der Waals surface area (Å²) in [5, 5.41) is 8.87. The number of rotatable bonds is 5. The summed E-state index contributed by atoms with van der Waals surface area (Å²) in [6.45, 7) is 0. The van der Waals surface area contributed by atoms with Gasteiger partial charge in [-0.25, -0.2) is 4.79 Å². The number of methoxy groups -OCH3 is 1. The van der Waals surface area contributed by atoms with Crippen LogP contribution in [0.4, 0.5) is 0 Å². The molecule has 3 rings (SSSR count). The second kappa shape index (κ2) is 7.72. The molecule has 27 heavy (non-hydrogen) atoms. The molecule has 7 nitrogen and oxygen atoms in total. The summed E-state index contributed by atoms with van der Waals surface area (Å²) in [5.41, 5.74) is 8.33. The lowest BCUT2D eigenvalue weighted by Gasteiger charge is -2.10. The number of carbonyl (C=O) groups excluding carboxylic acids is 1. The van der Waals surface area contributed by atoms with Gasteiger partial charge in [-0.1, -0.05) is 12.1 Å². The molecule has 2 aromatic carbocycles. The number of ether oxygens (including phenoxy) is 1. The Morgan fingerprint density at radius 2 is 1.59 bits per heavy atom. The van der Waals surface area contributed by atoms with Gasteiger partial charge in [-0.15, -0.1) is 0 Å². The monoisotopic (exact) mass is 362 g/mol. The van der Waals surface area contributed by atoms with Gasteiger partial charge in [0.15, 0.2) is 0 Å². The van der Waals surface area contributed by atoms with Crippen molar-refractivity contribution in [1.29, 1.82) is 5.26 Å². The van der Waals surface area contributed by atoms with Crippen molar-refractivity contribution in [2.45, 2.75) is 12.5 Å². The molecular formula is C20H18N4O3. The van der Waals surface area contributed by atoms with Gasteiger partial charge in [0.25, 0.3) is 0 Å². The van der Waals surface area contributed by atoms with Crippen LogP contribution in [0, 0.1) is 11.3 Å². The highest BCUT2D eigenvalue weighted by atomic mass is 16.5. The SMILES string of the molecule is COC(=O)C(N)Cc1ccc(-n2ccn(-c3ccc(C#N)cc3)c2=O)cc1. The van der Waals surface area contributed by atoms with Gasteiger partial charge in [-0.05, 0) is 48.4 Å². The Kier molecular flexibility index (Phi) is 5.20. The van der Waals surface area contributed by atoms with Crippen molar-refractivity contribution in [3.8, 4) is 17.4 Å². The molecule has 1 heterocycles. The molecule has 7 heteroatoms. The third-order valence-corrected chi connectivity index (χ3v) is 4.23. The molecule has 0 bridgehead atoms. The summed E-state index contributed by atoms with van der Waals surface area (Å²) < 4.78 is 7.64. The van der Waals surface area contributed by atoms with Crippen LogP contribution in [0.15, 0.2) is 65.7 Å². The van der Waals surface area contributed by atoms with Crippen LogP contribution in [0.5, 0.6) is 0 Å². The number of imidazole rings is 1. The lowest BCUT2D eigenvalue weighted by atomic mass is 10.1. The molecule has 0 fully saturated rings. The van der Waals surface area contributed by atoms with E-state index in [9.17, 15) is 9.59 Å². The van der Waals surface area contributed by atoms with Crippen LogP contribution in [0.3, 0.4) is 0 Å². The molecule has 0 spiro atoms. The molecule has 0 aliphatic rings. The third-order valence-electron chi connectivity index (χ3n) is 4.23. The van der Waals surface area contributed by atoms with Gasteiger partial charge in [0, 0.05) is 12.4 Å². The van der Waals surface area contributed by atoms with E-state index in [2.05, 4.69) is 10.8 Å². The highest BCUT2D eigenvalue weighted by Gasteiger charge is 2.14. The van der Waals surface area contributed by atoms with E-state index in [0.29, 0.717) is 23.4 Å². The van der Waals surface area contributed by atoms with Crippen LogP contribution in [-0.2, 0) is 16.0 Å². The van der Waals surface area contributed by atoms with Crippen molar-refractivity contribution in [2.24, 2.45) is 5.73 Å². The molecule has 1 atom stereocenters. The van der Waals surface area contributed by atoms with Gasteiger partial charge in [0.2, 0.25) is 0 Å². The first-order chi connectivity index (χ1) is 13.0. The number of carbonyl (C=O) groups is 1. The highest BCUT2D eigenvalue weighted by Crippen LogP contribution is 2.12. The van der Waals surface area contributed by atoms with Crippen LogP contribution < -0.4 is 11.4 Å². The summed E-state index contributed by atoms with van der Waals surface area (Å²) >= 11 is 0. The number of hydrogen-bond donors (Lipinski definition) is 1. The van der Waals surface area contributed by atoms with E-state index in [0.717, 1.165) is 5.56 Å². The second-order valence-electron chi connectivity index (χ2n) is 5.98. The molecule has 1 aromatic heterocycles. The molecule has 136 valence electrons. The molecule has 0 radical (unpaired) electrons. The molecule has 3 aromatic rings. The van der Waals surface area contributed by atoms with Crippen LogP contribution in [0.25, 0.3) is 11.4 Å². The number of nitrogens with two attached hydrogens (primary N) is 1. The molecule has 0 saturated heterocycles. The number of nitrogens with zero attached hydrogens (tertiary/aromatic N) is 3. The van der Waals surface area contributed by atoms with E-state index < -0.39 is 12.0 Å². The second-order valence-corrected chi connectivity index (χ2v) is 5.98. The quantitative estimate of drug-likeness (QED) is 0.694. The summed E-state index contributed by atoms with van der Waals surface area (Å²) in [5.74, 6) is -0.463. The van der Waals surface area contributed by atoms with Gasteiger partial charge < -0.3 is 10.5 Å². The number of hydrogen-bond acceptors (Lipinski definition) is 5. The van der Waals surface area contributed by atoms with Crippen molar-refractivity contribution >= 4 is 5.97 Å². The number of esters is 1. The van der Waals surface area contributed by atoms with Crippen molar-refractivity contribution < 1.29 is 9.53 Å². The first-order valence-corrected chi connectivity index (χ1v) is 8.26. The van der Waals surface area contributed by atoms with Crippen LogP contribution in [-0.4, -0.2) is 28.3 Å². The number of nitriles is 1. The summed E-state index contributed by atoms with van der Waals surface area (Å²) in [4.78, 5) is 24.1. The maximum Gasteiger partial charge on any atom is 0.337 e. The average Bonchev–Trinajstić information content (AvgIpc) is 3.09. The van der Waals surface area contributed by atoms with Crippen molar-refractivity contribution in [2.75, 3.05) is 7.11 Å². The zero-order valence-electron chi connectivity index (χ0n) is 14.7.